The lowest BCUT2D eigenvalue weighted by Gasteiger charge is -2.06. The molecule has 0 aliphatic carbocycles. The molecule has 0 spiro atoms. The summed E-state index contributed by atoms with van der Waals surface area (Å²) in [5.41, 5.74) is 0.600. The molecule has 0 heterocycles. The van der Waals surface area contributed by atoms with E-state index in [1.54, 1.807) is 12.1 Å². The number of amides is 1. The maximum absolute atomic E-state index is 13.0. The molecule has 0 fully saturated rings. The zero-order valence-electron chi connectivity index (χ0n) is 9.86. The van der Waals surface area contributed by atoms with E-state index in [9.17, 15) is 18.7 Å². The molecule has 1 amide bonds. The maximum atomic E-state index is 13.0. The number of hydrogen-bond acceptors (Lipinski definition) is 2. The minimum atomic E-state index is -0.803. The van der Waals surface area contributed by atoms with Crippen LogP contribution in [0.3, 0.4) is 0 Å². The number of carbonyl (C=O) groups excluding carboxylic acids is 1. The first-order chi connectivity index (χ1) is 9.04. The number of hydrogen-bond donors (Lipinski definition) is 2. The van der Waals surface area contributed by atoms with Crippen molar-refractivity contribution >= 4 is 5.91 Å². The lowest BCUT2D eigenvalue weighted by molar-refractivity contribution is 0.0950. The van der Waals surface area contributed by atoms with E-state index in [1.165, 1.54) is 12.1 Å². The third-order valence-corrected chi connectivity index (χ3v) is 2.49. The molecule has 3 nitrogen and oxygen atoms in total. The molecule has 0 radical (unpaired) electrons. The van der Waals surface area contributed by atoms with E-state index in [0.717, 1.165) is 12.1 Å². The minimum Gasteiger partial charge on any atom is -0.508 e. The van der Waals surface area contributed by atoms with Crippen molar-refractivity contribution in [3.05, 3.63) is 65.2 Å². The van der Waals surface area contributed by atoms with Gasteiger partial charge in [-0.3, -0.25) is 4.79 Å². The van der Waals surface area contributed by atoms with Gasteiger partial charge in [-0.05, 0) is 29.8 Å². The van der Waals surface area contributed by atoms with Crippen molar-refractivity contribution in [1.29, 1.82) is 0 Å². The number of rotatable bonds is 3. The fraction of sp³-hybridized carbons (Fsp3) is 0.0714. The largest absolute Gasteiger partial charge is 0.508 e. The summed E-state index contributed by atoms with van der Waals surface area (Å²) in [5.74, 6) is -2.10. The second-order valence-corrected chi connectivity index (χ2v) is 4.01. The van der Waals surface area contributed by atoms with Gasteiger partial charge >= 0.3 is 0 Å². The monoisotopic (exact) mass is 263 g/mol. The van der Waals surface area contributed by atoms with Crippen molar-refractivity contribution in [1.82, 2.24) is 5.32 Å². The highest BCUT2D eigenvalue weighted by Gasteiger charge is 2.08. The molecule has 2 aromatic rings. The van der Waals surface area contributed by atoms with Crippen LogP contribution in [0.25, 0.3) is 0 Å². The number of phenolic OH excluding ortho intramolecular Hbond substituents is 1. The Hall–Kier alpha value is -2.43. The summed E-state index contributed by atoms with van der Waals surface area (Å²) in [6, 6.07) is 8.97. The molecule has 2 rings (SSSR count). The van der Waals surface area contributed by atoms with Crippen LogP contribution in [-0.4, -0.2) is 11.0 Å². The average molecular weight is 263 g/mol. The molecular formula is C14H11F2NO2. The lowest BCUT2D eigenvalue weighted by atomic mass is 10.2. The smallest absolute Gasteiger partial charge is 0.251 e. The van der Waals surface area contributed by atoms with Crippen LogP contribution < -0.4 is 5.32 Å². The van der Waals surface area contributed by atoms with Crippen molar-refractivity contribution in [3.8, 4) is 5.75 Å². The van der Waals surface area contributed by atoms with Crippen molar-refractivity contribution in [2.24, 2.45) is 0 Å². The Balaban J connectivity index is 2.05. The molecule has 0 bridgehead atoms. The van der Waals surface area contributed by atoms with Gasteiger partial charge in [-0.1, -0.05) is 12.1 Å². The van der Waals surface area contributed by atoms with Crippen molar-refractivity contribution in [2.45, 2.75) is 6.54 Å². The fourth-order valence-corrected chi connectivity index (χ4v) is 1.64. The van der Waals surface area contributed by atoms with Crippen molar-refractivity contribution in [3.63, 3.8) is 0 Å². The van der Waals surface area contributed by atoms with Gasteiger partial charge in [0.1, 0.15) is 17.4 Å². The van der Waals surface area contributed by atoms with Crippen molar-refractivity contribution in [2.75, 3.05) is 0 Å². The van der Waals surface area contributed by atoms with Gasteiger partial charge in [0.25, 0.3) is 5.91 Å². The zero-order chi connectivity index (χ0) is 13.8. The standard InChI is InChI=1S/C14H11F2NO2/c15-11-5-10(6-12(16)7-11)14(19)17-8-9-2-1-3-13(18)4-9/h1-7,18H,8H2,(H,17,19). The first-order valence-electron chi connectivity index (χ1n) is 5.57. The lowest BCUT2D eigenvalue weighted by Crippen LogP contribution is -2.23. The summed E-state index contributed by atoms with van der Waals surface area (Å²) in [6.45, 7) is 0.158. The Kier molecular flexibility index (Phi) is 3.75. The SMILES string of the molecule is O=C(NCc1cccc(O)c1)c1cc(F)cc(F)c1. The fourth-order valence-electron chi connectivity index (χ4n) is 1.64. The van der Waals surface area contributed by atoms with Gasteiger partial charge in [0, 0.05) is 18.2 Å². The highest BCUT2D eigenvalue weighted by molar-refractivity contribution is 5.94. The van der Waals surface area contributed by atoms with Gasteiger partial charge in [0.2, 0.25) is 0 Å². The molecule has 0 saturated carbocycles. The van der Waals surface area contributed by atoms with Gasteiger partial charge in [-0.25, -0.2) is 8.78 Å². The number of carbonyl (C=O) groups is 1. The normalized spacial score (nSPS) is 10.2. The topological polar surface area (TPSA) is 49.3 Å². The molecular weight excluding hydrogens is 252 g/mol. The Bertz CT molecular complexity index is 594. The molecule has 0 saturated heterocycles. The Morgan fingerprint density at radius 1 is 1.11 bits per heavy atom. The number of aromatic hydroxyl groups is 1. The third kappa shape index (κ3) is 3.51. The van der Waals surface area contributed by atoms with Crippen LogP contribution >= 0.6 is 0 Å². The quantitative estimate of drug-likeness (QED) is 0.894. The van der Waals surface area contributed by atoms with Gasteiger partial charge in [-0.2, -0.15) is 0 Å². The summed E-state index contributed by atoms with van der Waals surface area (Å²) in [6.07, 6.45) is 0. The van der Waals surface area contributed by atoms with E-state index in [1.807, 2.05) is 0 Å². The second kappa shape index (κ2) is 5.48. The zero-order valence-corrected chi connectivity index (χ0v) is 9.86. The van der Waals surface area contributed by atoms with Crippen LogP contribution in [0, 0.1) is 11.6 Å². The van der Waals surface area contributed by atoms with Crippen molar-refractivity contribution < 1.29 is 18.7 Å². The molecule has 2 aromatic carbocycles. The van der Waals surface area contributed by atoms with E-state index in [-0.39, 0.29) is 17.9 Å². The number of phenols is 1. The van der Waals surface area contributed by atoms with Crippen LogP contribution in [0.15, 0.2) is 42.5 Å². The molecule has 0 aliphatic rings. The van der Waals surface area contributed by atoms with Crippen LogP contribution in [0.2, 0.25) is 0 Å². The Morgan fingerprint density at radius 3 is 2.42 bits per heavy atom. The van der Waals surface area contributed by atoms with E-state index < -0.39 is 17.5 Å². The number of nitrogens with one attached hydrogen (secondary N) is 1. The predicted octanol–water partition coefficient (Wildman–Crippen LogP) is 2.60. The van der Waals surface area contributed by atoms with Crippen LogP contribution in [0.4, 0.5) is 8.78 Å². The number of benzene rings is 2. The molecule has 2 N–H and O–H groups in total. The van der Waals surface area contributed by atoms with Gasteiger partial charge in [-0.15, -0.1) is 0 Å². The molecule has 98 valence electrons. The van der Waals surface area contributed by atoms with E-state index in [4.69, 9.17) is 0 Å². The summed E-state index contributed by atoms with van der Waals surface area (Å²) in [5, 5.41) is 11.8. The highest BCUT2D eigenvalue weighted by atomic mass is 19.1. The molecule has 19 heavy (non-hydrogen) atoms. The van der Waals surface area contributed by atoms with E-state index >= 15 is 0 Å². The molecule has 0 aliphatic heterocycles. The van der Waals surface area contributed by atoms with E-state index in [2.05, 4.69) is 5.32 Å². The Labute approximate surface area is 108 Å². The summed E-state index contributed by atoms with van der Waals surface area (Å²) in [4.78, 5) is 11.7. The molecule has 0 unspecified atom stereocenters. The molecule has 5 heteroatoms. The van der Waals surface area contributed by atoms with Crippen LogP contribution in [-0.2, 0) is 6.54 Å². The molecule has 0 aromatic heterocycles. The third-order valence-electron chi connectivity index (χ3n) is 2.49. The average Bonchev–Trinajstić information content (AvgIpc) is 2.35. The number of halogens is 2. The van der Waals surface area contributed by atoms with Gasteiger partial charge < -0.3 is 10.4 Å². The summed E-state index contributed by atoms with van der Waals surface area (Å²) in [7, 11) is 0. The summed E-state index contributed by atoms with van der Waals surface area (Å²) >= 11 is 0. The van der Waals surface area contributed by atoms with Gasteiger partial charge in [0.15, 0.2) is 0 Å². The maximum Gasteiger partial charge on any atom is 0.251 e. The van der Waals surface area contributed by atoms with Crippen LogP contribution in [0.1, 0.15) is 15.9 Å². The van der Waals surface area contributed by atoms with E-state index in [0.29, 0.717) is 11.6 Å². The predicted molar refractivity (Wildman–Crippen MR) is 65.6 cm³/mol. The second-order valence-electron chi connectivity index (χ2n) is 4.01. The Morgan fingerprint density at radius 2 is 1.79 bits per heavy atom. The minimum absolute atomic E-state index is 0.0855. The van der Waals surface area contributed by atoms with Gasteiger partial charge in [0.05, 0.1) is 0 Å². The molecule has 0 atom stereocenters. The summed E-state index contributed by atoms with van der Waals surface area (Å²) < 4.78 is 25.9. The highest BCUT2D eigenvalue weighted by Crippen LogP contribution is 2.11. The first-order valence-corrected chi connectivity index (χ1v) is 5.57. The van der Waals surface area contributed by atoms with Crippen LogP contribution in [0.5, 0.6) is 5.75 Å². The first kappa shape index (κ1) is 13.0.